The van der Waals surface area contributed by atoms with Crippen LogP contribution in [0.5, 0.6) is 11.5 Å². The van der Waals surface area contributed by atoms with Gasteiger partial charge in [0.1, 0.15) is 5.71 Å². The zero-order valence-corrected chi connectivity index (χ0v) is 11.8. The van der Waals surface area contributed by atoms with Gasteiger partial charge in [-0.2, -0.15) is 0 Å². The van der Waals surface area contributed by atoms with Crippen molar-refractivity contribution in [2.75, 3.05) is 7.11 Å². The molecule has 2 rings (SSSR count). The van der Waals surface area contributed by atoms with Crippen LogP contribution in [0, 0.1) is 0 Å². The number of methoxy groups -OCH3 is 1. The summed E-state index contributed by atoms with van der Waals surface area (Å²) < 4.78 is 5.79. The van der Waals surface area contributed by atoms with Crippen molar-refractivity contribution in [3.05, 3.63) is 44.6 Å². The Morgan fingerprint density at radius 2 is 2.22 bits per heavy atom. The van der Waals surface area contributed by atoms with Crippen LogP contribution in [0.2, 0.25) is 0 Å². The van der Waals surface area contributed by atoms with E-state index in [0.29, 0.717) is 17.0 Å². The number of hydrogen-bond donors (Lipinski definition) is 2. The minimum Gasteiger partial charge on any atom is -0.504 e. The van der Waals surface area contributed by atoms with E-state index in [9.17, 15) is 5.11 Å². The van der Waals surface area contributed by atoms with Gasteiger partial charge in [-0.1, -0.05) is 27.2 Å². The Morgan fingerprint density at radius 1 is 1.44 bits per heavy atom. The van der Waals surface area contributed by atoms with E-state index in [2.05, 4.69) is 21.1 Å². The molecule has 0 saturated heterocycles. The first-order valence-electron chi connectivity index (χ1n) is 5.00. The molecule has 0 atom stereocenters. The van der Waals surface area contributed by atoms with Crippen molar-refractivity contribution in [2.24, 2.45) is 5.16 Å². The summed E-state index contributed by atoms with van der Waals surface area (Å²) in [6.07, 6.45) is 0. The lowest BCUT2D eigenvalue weighted by molar-refractivity contribution is 0.319. The molecule has 0 saturated carbocycles. The largest absolute Gasteiger partial charge is 0.504 e. The van der Waals surface area contributed by atoms with Gasteiger partial charge in [-0.3, -0.25) is 0 Å². The van der Waals surface area contributed by atoms with Crippen molar-refractivity contribution in [3.63, 3.8) is 0 Å². The number of phenolic OH excluding ortho intramolecular Hbond substituents is 1. The molecule has 0 fully saturated rings. The number of nitrogens with zero attached hydrogens (tertiary/aromatic N) is 1. The zero-order valence-electron chi connectivity index (χ0n) is 9.42. The lowest BCUT2D eigenvalue weighted by atomic mass is 10.1. The number of ether oxygens (including phenoxy) is 1. The van der Waals surface area contributed by atoms with E-state index in [4.69, 9.17) is 9.94 Å². The molecule has 94 valence electrons. The highest BCUT2D eigenvalue weighted by atomic mass is 79.9. The highest BCUT2D eigenvalue weighted by molar-refractivity contribution is 9.10. The van der Waals surface area contributed by atoms with Gasteiger partial charge in [-0.15, -0.1) is 11.3 Å². The molecule has 1 aromatic carbocycles. The second-order valence-corrected chi connectivity index (χ2v) is 5.29. The summed E-state index contributed by atoms with van der Waals surface area (Å²) >= 11 is 4.74. The van der Waals surface area contributed by atoms with E-state index >= 15 is 0 Å². The topological polar surface area (TPSA) is 62.0 Å². The van der Waals surface area contributed by atoms with Crippen LogP contribution in [0.15, 0.2) is 39.3 Å². The summed E-state index contributed by atoms with van der Waals surface area (Å²) in [5.41, 5.74) is 0.716. The maximum absolute atomic E-state index is 10.1. The second-order valence-electron chi connectivity index (χ2n) is 3.43. The van der Waals surface area contributed by atoms with Crippen LogP contribution in [0.25, 0.3) is 0 Å². The Bertz CT molecular complexity index is 581. The van der Waals surface area contributed by atoms with Crippen LogP contribution in [-0.2, 0) is 0 Å². The number of thiophene rings is 1. The number of hydrogen-bond acceptors (Lipinski definition) is 5. The van der Waals surface area contributed by atoms with E-state index in [0.717, 1.165) is 9.35 Å². The van der Waals surface area contributed by atoms with Gasteiger partial charge < -0.3 is 15.1 Å². The van der Waals surface area contributed by atoms with Crippen LogP contribution in [0.1, 0.15) is 10.4 Å². The molecule has 1 aromatic heterocycles. The van der Waals surface area contributed by atoms with Crippen molar-refractivity contribution in [1.82, 2.24) is 0 Å². The molecule has 1 heterocycles. The molecule has 18 heavy (non-hydrogen) atoms. The van der Waals surface area contributed by atoms with Crippen LogP contribution >= 0.6 is 27.3 Å². The van der Waals surface area contributed by atoms with Gasteiger partial charge in [-0.25, -0.2) is 0 Å². The SMILES string of the molecule is COc1cc(Br)cc(/C(=N/O)c2cccs2)c1O. The smallest absolute Gasteiger partial charge is 0.167 e. The first kappa shape index (κ1) is 12.9. The van der Waals surface area contributed by atoms with E-state index in [1.165, 1.54) is 18.4 Å². The third-order valence-corrected chi connectivity index (χ3v) is 3.70. The Morgan fingerprint density at radius 3 is 2.78 bits per heavy atom. The monoisotopic (exact) mass is 327 g/mol. The van der Waals surface area contributed by atoms with Gasteiger partial charge in [0.05, 0.1) is 17.6 Å². The summed E-state index contributed by atoms with van der Waals surface area (Å²) in [5.74, 6) is 0.263. The van der Waals surface area contributed by atoms with E-state index in [1.54, 1.807) is 12.1 Å². The maximum Gasteiger partial charge on any atom is 0.167 e. The second kappa shape index (κ2) is 5.41. The fraction of sp³-hybridized carbons (Fsp3) is 0.0833. The predicted molar refractivity (Wildman–Crippen MR) is 74.1 cm³/mol. The lowest BCUT2D eigenvalue weighted by Gasteiger charge is -2.10. The van der Waals surface area contributed by atoms with Crippen molar-refractivity contribution < 1.29 is 15.1 Å². The average molecular weight is 328 g/mol. The maximum atomic E-state index is 10.1. The summed E-state index contributed by atoms with van der Waals surface area (Å²) in [6.45, 7) is 0. The van der Waals surface area contributed by atoms with Gasteiger partial charge in [-0.05, 0) is 23.6 Å². The number of halogens is 1. The first-order valence-corrected chi connectivity index (χ1v) is 6.67. The Balaban J connectivity index is 2.60. The van der Waals surface area contributed by atoms with E-state index in [1.807, 2.05) is 17.5 Å². The number of phenols is 1. The number of rotatable bonds is 3. The van der Waals surface area contributed by atoms with Crippen molar-refractivity contribution in [2.45, 2.75) is 0 Å². The summed E-state index contributed by atoms with van der Waals surface area (Å²) in [5, 5.41) is 24.4. The molecule has 0 radical (unpaired) electrons. The average Bonchev–Trinajstić information content (AvgIpc) is 2.87. The molecule has 6 heteroatoms. The van der Waals surface area contributed by atoms with Gasteiger partial charge in [0.25, 0.3) is 0 Å². The third kappa shape index (κ3) is 2.34. The van der Waals surface area contributed by atoms with Gasteiger partial charge in [0.15, 0.2) is 11.5 Å². The molecular formula is C12H10BrNO3S. The molecule has 0 aliphatic heterocycles. The molecule has 0 amide bonds. The first-order chi connectivity index (χ1) is 8.67. The van der Waals surface area contributed by atoms with Crippen LogP contribution in [0.4, 0.5) is 0 Å². The fourth-order valence-electron chi connectivity index (χ4n) is 1.56. The molecule has 0 bridgehead atoms. The third-order valence-electron chi connectivity index (χ3n) is 2.37. The van der Waals surface area contributed by atoms with Crippen LogP contribution in [0.3, 0.4) is 0 Å². The molecule has 2 N–H and O–H groups in total. The van der Waals surface area contributed by atoms with Crippen LogP contribution < -0.4 is 4.74 Å². The molecular weight excluding hydrogens is 318 g/mol. The molecule has 2 aromatic rings. The molecule has 0 aliphatic rings. The number of benzene rings is 1. The van der Waals surface area contributed by atoms with Crippen LogP contribution in [-0.4, -0.2) is 23.1 Å². The quantitative estimate of drug-likeness (QED) is 0.515. The fourth-order valence-corrected chi connectivity index (χ4v) is 2.72. The molecule has 0 spiro atoms. The predicted octanol–water partition coefficient (Wildman–Crippen LogP) is 3.45. The minimum absolute atomic E-state index is 0.0538. The lowest BCUT2D eigenvalue weighted by Crippen LogP contribution is -2.02. The highest BCUT2D eigenvalue weighted by Gasteiger charge is 2.17. The molecule has 0 aliphatic carbocycles. The molecule has 0 unspecified atom stereocenters. The summed E-state index contributed by atoms with van der Waals surface area (Å²) in [4.78, 5) is 0.757. The highest BCUT2D eigenvalue weighted by Crippen LogP contribution is 2.35. The Labute approximate surface area is 116 Å². The standard InChI is InChI=1S/C12H10BrNO3S/c1-17-9-6-7(13)5-8(12(9)15)11(14-16)10-3-2-4-18-10/h2-6,15-16H,1H3/b14-11-. The van der Waals surface area contributed by atoms with Crippen molar-refractivity contribution >= 4 is 33.0 Å². The van der Waals surface area contributed by atoms with Crippen molar-refractivity contribution in [1.29, 1.82) is 0 Å². The van der Waals surface area contributed by atoms with Crippen molar-refractivity contribution in [3.8, 4) is 11.5 Å². The summed E-state index contributed by atoms with van der Waals surface area (Å²) in [7, 11) is 1.46. The Hall–Kier alpha value is -1.53. The Kier molecular flexibility index (Phi) is 3.88. The summed E-state index contributed by atoms with van der Waals surface area (Å²) in [6, 6.07) is 6.97. The number of oxime groups is 1. The van der Waals surface area contributed by atoms with E-state index < -0.39 is 0 Å². The zero-order chi connectivity index (χ0) is 13.1. The minimum atomic E-state index is -0.0538. The molecule has 4 nitrogen and oxygen atoms in total. The normalized spacial score (nSPS) is 11.6. The van der Waals surface area contributed by atoms with Gasteiger partial charge in [0.2, 0.25) is 0 Å². The van der Waals surface area contributed by atoms with Gasteiger partial charge in [0, 0.05) is 4.47 Å². The number of aromatic hydroxyl groups is 1. The van der Waals surface area contributed by atoms with E-state index in [-0.39, 0.29) is 5.75 Å². The van der Waals surface area contributed by atoms with Gasteiger partial charge >= 0.3 is 0 Å².